The van der Waals surface area contributed by atoms with Crippen LogP contribution in [-0.4, -0.2) is 37.6 Å². The molecule has 1 aliphatic heterocycles. The molecule has 0 atom stereocenters. The van der Waals surface area contributed by atoms with Crippen LogP contribution in [0.3, 0.4) is 0 Å². The minimum atomic E-state index is -0.00946. The van der Waals surface area contributed by atoms with Crippen LogP contribution in [0.4, 0.5) is 5.69 Å². The van der Waals surface area contributed by atoms with Crippen molar-refractivity contribution < 1.29 is 9.53 Å². The fourth-order valence-corrected chi connectivity index (χ4v) is 3.59. The molecule has 0 aromatic heterocycles. The first-order valence-electron chi connectivity index (χ1n) is 9.85. The molecule has 1 amide bonds. The molecular weight excluding hydrogens is 336 g/mol. The average Bonchev–Trinajstić information content (AvgIpc) is 3.21. The van der Waals surface area contributed by atoms with E-state index in [0.29, 0.717) is 12.5 Å². The van der Waals surface area contributed by atoms with Crippen molar-refractivity contribution in [1.82, 2.24) is 4.90 Å². The van der Waals surface area contributed by atoms with Gasteiger partial charge in [0.1, 0.15) is 5.75 Å². The predicted octanol–water partition coefficient (Wildman–Crippen LogP) is 4.45. The number of carbonyl (C=O) groups is 1. The molecule has 0 unspecified atom stereocenters. The summed E-state index contributed by atoms with van der Waals surface area (Å²) in [7, 11) is 1.85. The molecule has 3 rings (SSSR count). The van der Waals surface area contributed by atoms with Crippen LogP contribution < -0.4 is 9.64 Å². The summed E-state index contributed by atoms with van der Waals surface area (Å²) in [6.45, 7) is 7.12. The van der Waals surface area contributed by atoms with Crippen molar-refractivity contribution in [3.05, 3.63) is 59.7 Å². The molecule has 2 aromatic carbocycles. The molecule has 0 N–H and O–H groups in total. The normalized spacial score (nSPS) is 13.9. The first kappa shape index (κ1) is 19.3. The van der Waals surface area contributed by atoms with E-state index in [1.54, 1.807) is 4.90 Å². The summed E-state index contributed by atoms with van der Waals surface area (Å²) in [6, 6.07) is 16.3. The summed E-state index contributed by atoms with van der Waals surface area (Å²) in [4.78, 5) is 16.8. The van der Waals surface area contributed by atoms with Crippen LogP contribution in [0.25, 0.3) is 0 Å². The lowest BCUT2D eigenvalue weighted by atomic mass is 10.0. The zero-order chi connectivity index (χ0) is 19.2. The van der Waals surface area contributed by atoms with E-state index >= 15 is 0 Å². The van der Waals surface area contributed by atoms with Crippen LogP contribution in [0, 0.1) is 0 Å². The first-order valence-corrected chi connectivity index (χ1v) is 9.85. The largest absolute Gasteiger partial charge is 0.483 e. The van der Waals surface area contributed by atoms with E-state index in [4.69, 9.17) is 4.74 Å². The maximum Gasteiger partial charge on any atom is 0.260 e. The van der Waals surface area contributed by atoms with Gasteiger partial charge in [0.2, 0.25) is 0 Å². The molecule has 1 fully saturated rings. The van der Waals surface area contributed by atoms with E-state index in [2.05, 4.69) is 43.0 Å². The van der Waals surface area contributed by atoms with Gasteiger partial charge in [-0.05, 0) is 42.0 Å². The molecule has 2 aromatic rings. The van der Waals surface area contributed by atoms with Crippen molar-refractivity contribution in [1.29, 1.82) is 0 Å². The minimum absolute atomic E-state index is 0.00946. The second-order valence-electron chi connectivity index (χ2n) is 7.55. The van der Waals surface area contributed by atoms with E-state index in [1.165, 1.54) is 24.1 Å². The number of para-hydroxylation sites is 2. The molecule has 0 saturated carbocycles. The lowest BCUT2D eigenvalue weighted by Crippen LogP contribution is -2.32. The number of amides is 1. The summed E-state index contributed by atoms with van der Waals surface area (Å²) >= 11 is 0. The zero-order valence-electron chi connectivity index (χ0n) is 16.6. The first-order chi connectivity index (χ1) is 13.1. The van der Waals surface area contributed by atoms with Crippen molar-refractivity contribution in [2.24, 2.45) is 0 Å². The molecule has 27 heavy (non-hydrogen) atoms. The van der Waals surface area contributed by atoms with E-state index in [9.17, 15) is 4.79 Å². The van der Waals surface area contributed by atoms with Gasteiger partial charge in [-0.2, -0.15) is 0 Å². The molecule has 4 heteroatoms. The van der Waals surface area contributed by atoms with Crippen molar-refractivity contribution in [2.75, 3.05) is 31.6 Å². The molecule has 144 valence electrons. The van der Waals surface area contributed by atoms with Crippen molar-refractivity contribution in [3.63, 3.8) is 0 Å². The van der Waals surface area contributed by atoms with Crippen LogP contribution in [-0.2, 0) is 11.3 Å². The topological polar surface area (TPSA) is 32.8 Å². The lowest BCUT2D eigenvalue weighted by Gasteiger charge is -2.24. The number of hydrogen-bond acceptors (Lipinski definition) is 3. The van der Waals surface area contributed by atoms with Gasteiger partial charge >= 0.3 is 0 Å². The van der Waals surface area contributed by atoms with Crippen molar-refractivity contribution in [3.8, 4) is 5.75 Å². The van der Waals surface area contributed by atoms with E-state index in [1.807, 2.05) is 31.3 Å². The Morgan fingerprint density at radius 2 is 1.74 bits per heavy atom. The number of ether oxygens (including phenoxy) is 1. The minimum Gasteiger partial charge on any atom is -0.483 e. The average molecular weight is 367 g/mol. The zero-order valence-corrected chi connectivity index (χ0v) is 16.6. The van der Waals surface area contributed by atoms with Gasteiger partial charge < -0.3 is 14.5 Å². The number of carbonyl (C=O) groups excluding carboxylic acids is 1. The number of nitrogens with zero attached hydrogens (tertiary/aromatic N) is 2. The van der Waals surface area contributed by atoms with Gasteiger partial charge in [0.15, 0.2) is 6.61 Å². The number of benzene rings is 2. The standard InChI is InChI=1S/C23H30N2O2/c1-18(2)20-11-5-7-13-22(20)27-17-23(26)24(3)16-19-10-4-6-12-21(19)25-14-8-9-15-25/h4-7,10-13,18H,8-9,14-17H2,1-3H3. The molecule has 1 heterocycles. The highest BCUT2D eigenvalue weighted by molar-refractivity contribution is 5.77. The van der Waals surface area contributed by atoms with Crippen molar-refractivity contribution in [2.45, 2.75) is 39.2 Å². The highest BCUT2D eigenvalue weighted by Crippen LogP contribution is 2.27. The SMILES string of the molecule is CC(C)c1ccccc1OCC(=O)N(C)Cc1ccccc1N1CCCC1. The van der Waals surface area contributed by atoms with Gasteiger partial charge in [-0.25, -0.2) is 0 Å². The van der Waals surface area contributed by atoms with Crippen LogP contribution in [0.5, 0.6) is 5.75 Å². The third-order valence-electron chi connectivity index (χ3n) is 5.16. The molecule has 1 saturated heterocycles. The molecule has 4 nitrogen and oxygen atoms in total. The third kappa shape index (κ3) is 4.82. The van der Waals surface area contributed by atoms with Crippen LogP contribution in [0.15, 0.2) is 48.5 Å². The van der Waals surface area contributed by atoms with Crippen molar-refractivity contribution >= 4 is 11.6 Å². The highest BCUT2D eigenvalue weighted by atomic mass is 16.5. The lowest BCUT2D eigenvalue weighted by molar-refractivity contribution is -0.132. The summed E-state index contributed by atoms with van der Waals surface area (Å²) in [5.41, 5.74) is 3.57. The Morgan fingerprint density at radius 1 is 1.07 bits per heavy atom. The number of anilines is 1. The summed E-state index contributed by atoms with van der Waals surface area (Å²) in [6.07, 6.45) is 2.48. The quantitative estimate of drug-likeness (QED) is 0.726. The molecule has 0 radical (unpaired) electrons. The molecule has 0 bridgehead atoms. The van der Waals surface area contributed by atoms with Gasteiger partial charge in [0.25, 0.3) is 5.91 Å². The van der Waals surface area contributed by atoms with E-state index in [-0.39, 0.29) is 12.5 Å². The summed E-state index contributed by atoms with van der Waals surface area (Å²) in [5.74, 6) is 1.15. The monoisotopic (exact) mass is 366 g/mol. The number of hydrogen-bond donors (Lipinski definition) is 0. The predicted molar refractivity (Wildman–Crippen MR) is 110 cm³/mol. The summed E-state index contributed by atoms with van der Waals surface area (Å²) in [5, 5.41) is 0. The Morgan fingerprint density at radius 3 is 2.48 bits per heavy atom. The molecule has 0 aliphatic carbocycles. The fourth-order valence-electron chi connectivity index (χ4n) is 3.59. The van der Waals surface area contributed by atoms with Gasteiger partial charge in [-0.15, -0.1) is 0 Å². The maximum atomic E-state index is 12.6. The Labute approximate surface area is 162 Å². The van der Waals surface area contributed by atoms with Gasteiger partial charge in [-0.1, -0.05) is 50.2 Å². The Bertz CT molecular complexity index is 766. The smallest absolute Gasteiger partial charge is 0.260 e. The second-order valence-corrected chi connectivity index (χ2v) is 7.55. The number of rotatable bonds is 7. The molecular formula is C23H30N2O2. The van der Waals surface area contributed by atoms with Gasteiger partial charge in [0.05, 0.1) is 0 Å². The van der Waals surface area contributed by atoms with Crippen LogP contribution in [0.1, 0.15) is 43.7 Å². The summed E-state index contributed by atoms with van der Waals surface area (Å²) < 4.78 is 5.85. The van der Waals surface area contributed by atoms with Gasteiger partial charge in [-0.3, -0.25) is 4.79 Å². The molecule has 1 aliphatic rings. The molecule has 0 spiro atoms. The van der Waals surface area contributed by atoms with E-state index in [0.717, 1.165) is 24.4 Å². The Hall–Kier alpha value is -2.49. The maximum absolute atomic E-state index is 12.6. The van der Waals surface area contributed by atoms with Crippen LogP contribution in [0.2, 0.25) is 0 Å². The third-order valence-corrected chi connectivity index (χ3v) is 5.16. The highest BCUT2D eigenvalue weighted by Gasteiger charge is 2.18. The Balaban J connectivity index is 1.62. The Kier molecular flexibility index (Phi) is 6.38. The van der Waals surface area contributed by atoms with Crippen LogP contribution >= 0.6 is 0 Å². The van der Waals surface area contributed by atoms with Gasteiger partial charge in [0, 0.05) is 32.4 Å². The second kappa shape index (κ2) is 8.94. The van der Waals surface area contributed by atoms with E-state index < -0.39 is 0 Å². The number of likely N-dealkylation sites (N-methyl/N-ethyl adjacent to an activating group) is 1. The fraction of sp³-hybridized carbons (Fsp3) is 0.435.